The van der Waals surface area contributed by atoms with Crippen molar-refractivity contribution in [3.05, 3.63) is 33.8 Å². The lowest BCUT2D eigenvalue weighted by molar-refractivity contribution is 0.554. The Kier molecular flexibility index (Phi) is 4.18. The van der Waals surface area contributed by atoms with E-state index in [1.165, 1.54) is 0 Å². The molecule has 1 aliphatic rings. The van der Waals surface area contributed by atoms with Crippen LogP contribution in [0.4, 0.5) is 0 Å². The maximum atomic E-state index is 12.0. The normalized spacial score (nSPS) is 24.4. The molecule has 0 saturated carbocycles. The van der Waals surface area contributed by atoms with Gasteiger partial charge in [-0.15, -0.1) is 0 Å². The molecule has 1 saturated heterocycles. The first-order valence-corrected chi connectivity index (χ1v) is 8.07. The van der Waals surface area contributed by atoms with Crippen LogP contribution in [-0.4, -0.2) is 26.1 Å². The number of hydrazine groups is 1. The van der Waals surface area contributed by atoms with Crippen molar-refractivity contribution < 1.29 is 8.42 Å². The third-order valence-corrected chi connectivity index (χ3v) is 5.67. The maximum Gasteiger partial charge on any atom is 0.167 e. The molecule has 2 atom stereocenters. The van der Waals surface area contributed by atoms with Crippen LogP contribution in [0.25, 0.3) is 0 Å². The van der Waals surface area contributed by atoms with Gasteiger partial charge in [0.2, 0.25) is 0 Å². The fourth-order valence-corrected chi connectivity index (χ4v) is 3.99. The van der Waals surface area contributed by atoms with Crippen LogP contribution in [-0.2, 0) is 9.84 Å². The molecular formula is C11H14Cl2N2O2S. The summed E-state index contributed by atoms with van der Waals surface area (Å²) in [7, 11) is -3.19. The summed E-state index contributed by atoms with van der Waals surface area (Å²) >= 11 is 12.0. The summed E-state index contributed by atoms with van der Waals surface area (Å²) in [6.45, 7) is 2.15. The quantitative estimate of drug-likeness (QED) is 0.896. The predicted octanol–water partition coefficient (Wildman–Crippen LogP) is 1.95. The van der Waals surface area contributed by atoms with Crippen LogP contribution in [0.3, 0.4) is 0 Å². The third kappa shape index (κ3) is 2.65. The summed E-state index contributed by atoms with van der Waals surface area (Å²) < 4.78 is 24.0. The molecule has 0 bridgehead atoms. The highest BCUT2D eigenvalue weighted by Crippen LogP contribution is 2.32. The van der Waals surface area contributed by atoms with Gasteiger partial charge in [0.15, 0.2) is 9.84 Å². The maximum absolute atomic E-state index is 12.0. The Balaban J connectivity index is 2.38. The number of hydrogen-bond acceptors (Lipinski definition) is 4. The van der Waals surface area contributed by atoms with E-state index in [4.69, 9.17) is 23.2 Å². The molecule has 7 heteroatoms. The highest BCUT2D eigenvalue weighted by molar-refractivity contribution is 7.92. The average Bonchev–Trinajstić information content (AvgIpc) is 2.78. The van der Waals surface area contributed by atoms with Gasteiger partial charge in [0.25, 0.3) is 0 Å². The van der Waals surface area contributed by atoms with Crippen molar-refractivity contribution >= 4 is 33.0 Å². The molecule has 1 aromatic carbocycles. The van der Waals surface area contributed by atoms with Crippen molar-refractivity contribution in [1.82, 2.24) is 10.9 Å². The van der Waals surface area contributed by atoms with Crippen molar-refractivity contribution in [1.29, 1.82) is 0 Å². The first kappa shape index (κ1) is 14.1. The van der Waals surface area contributed by atoms with Crippen LogP contribution in [0.1, 0.15) is 18.4 Å². The van der Waals surface area contributed by atoms with Crippen molar-refractivity contribution in [3.63, 3.8) is 0 Å². The number of halogens is 2. The van der Waals surface area contributed by atoms with E-state index in [-0.39, 0.29) is 11.7 Å². The van der Waals surface area contributed by atoms with Gasteiger partial charge < -0.3 is 0 Å². The zero-order valence-electron chi connectivity index (χ0n) is 9.78. The molecule has 100 valence electrons. The molecule has 1 fully saturated rings. The predicted molar refractivity (Wildman–Crippen MR) is 73.6 cm³/mol. The molecule has 0 aliphatic carbocycles. The largest absolute Gasteiger partial charge is 0.256 e. The minimum Gasteiger partial charge on any atom is -0.256 e. The molecule has 18 heavy (non-hydrogen) atoms. The SMILES string of the molecule is CCS(=O)(=O)C1NNCC1c1ccc(Cl)cc1Cl. The Bertz CT molecular complexity index is 548. The van der Waals surface area contributed by atoms with Crippen LogP contribution < -0.4 is 10.9 Å². The van der Waals surface area contributed by atoms with E-state index in [0.717, 1.165) is 5.56 Å². The van der Waals surface area contributed by atoms with E-state index in [0.29, 0.717) is 16.6 Å². The summed E-state index contributed by atoms with van der Waals surface area (Å²) in [5, 5.41) is 0.382. The lowest BCUT2D eigenvalue weighted by Crippen LogP contribution is -2.39. The van der Waals surface area contributed by atoms with Crippen molar-refractivity contribution in [2.45, 2.75) is 18.2 Å². The molecule has 0 spiro atoms. The zero-order chi connectivity index (χ0) is 13.3. The van der Waals surface area contributed by atoms with Gasteiger partial charge >= 0.3 is 0 Å². The molecule has 2 unspecified atom stereocenters. The summed E-state index contributed by atoms with van der Waals surface area (Å²) in [6.07, 6.45) is 0. The Morgan fingerprint density at radius 2 is 2.11 bits per heavy atom. The highest BCUT2D eigenvalue weighted by Gasteiger charge is 2.38. The number of rotatable bonds is 3. The van der Waals surface area contributed by atoms with Gasteiger partial charge in [-0.3, -0.25) is 5.43 Å². The van der Waals surface area contributed by atoms with Crippen LogP contribution >= 0.6 is 23.2 Å². The van der Waals surface area contributed by atoms with Gasteiger partial charge in [-0.05, 0) is 17.7 Å². The molecule has 1 aliphatic heterocycles. The third-order valence-electron chi connectivity index (χ3n) is 3.08. The zero-order valence-corrected chi connectivity index (χ0v) is 12.1. The van der Waals surface area contributed by atoms with Gasteiger partial charge in [0.05, 0.1) is 0 Å². The lowest BCUT2D eigenvalue weighted by Gasteiger charge is -2.19. The van der Waals surface area contributed by atoms with E-state index in [2.05, 4.69) is 10.9 Å². The molecule has 0 amide bonds. The average molecular weight is 309 g/mol. The molecule has 4 nitrogen and oxygen atoms in total. The minimum atomic E-state index is -3.19. The Morgan fingerprint density at radius 1 is 1.39 bits per heavy atom. The Hall–Kier alpha value is -0.330. The number of hydrogen-bond donors (Lipinski definition) is 2. The molecular weight excluding hydrogens is 295 g/mol. The topological polar surface area (TPSA) is 58.2 Å². The summed E-state index contributed by atoms with van der Waals surface area (Å²) in [5.41, 5.74) is 6.48. The molecule has 1 aromatic rings. The van der Waals surface area contributed by atoms with Crippen LogP contribution in [0.15, 0.2) is 18.2 Å². The summed E-state index contributed by atoms with van der Waals surface area (Å²) in [4.78, 5) is 0. The minimum absolute atomic E-state index is 0.0913. The number of benzene rings is 1. The first-order valence-electron chi connectivity index (χ1n) is 5.60. The fraction of sp³-hybridized carbons (Fsp3) is 0.455. The van der Waals surface area contributed by atoms with E-state index in [1.54, 1.807) is 25.1 Å². The lowest BCUT2D eigenvalue weighted by atomic mass is 10.0. The van der Waals surface area contributed by atoms with Crippen molar-refractivity contribution in [2.75, 3.05) is 12.3 Å². The Morgan fingerprint density at radius 3 is 2.72 bits per heavy atom. The van der Waals surface area contributed by atoms with Gasteiger partial charge in [-0.1, -0.05) is 36.2 Å². The van der Waals surface area contributed by atoms with Crippen LogP contribution in [0.2, 0.25) is 10.0 Å². The van der Waals surface area contributed by atoms with E-state index >= 15 is 0 Å². The molecule has 0 radical (unpaired) electrons. The number of sulfone groups is 1. The van der Waals surface area contributed by atoms with E-state index < -0.39 is 15.2 Å². The van der Waals surface area contributed by atoms with E-state index in [9.17, 15) is 8.42 Å². The second kappa shape index (κ2) is 5.35. The highest BCUT2D eigenvalue weighted by atomic mass is 35.5. The van der Waals surface area contributed by atoms with Gasteiger partial charge in [0, 0.05) is 28.3 Å². The second-order valence-electron chi connectivity index (χ2n) is 4.17. The van der Waals surface area contributed by atoms with Gasteiger partial charge in [0.1, 0.15) is 5.37 Å². The number of nitrogens with one attached hydrogen (secondary N) is 2. The summed E-state index contributed by atoms with van der Waals surface area (Å²) in [6, 6.07) is 5.13. The van der Waals surface area contributed by atoms with Crippen LogP contribution in [0, 0.1) is 0 Å². The molecule has 2 N–H and O–H groups in total. The standard InChI is InChI=1S/C11H14Cl2N2O2S/c1-2-18(16,17)11-9(6-14-15-11)8-4-3-7(12)5-10(8)13/h3-5,9,11,14-15H,2,6H2,1H3. The molecule has 2 rings (SSSR count). The van der Waals surface area contributed by atoms with E-state index in [1.807, 2.05) is 0 Å². The summed E-state index contributed by atoms with van der Waals surface area (Å²) in [5.74, 6) is -0.117. The van der Waals surface area contributed by atoms with Crippen LogP contribution in [0.5, 0.6) is 0 Å². The Labute approximate surface area is 117 Å². The molecule has 1 heterocycles. The second-order valence-corrected chi connectivity index (χ2v) is 7.42. The monoisotopic (exact) mass is 308 g/mol. The first-order chi connectivity index (χ1) is 8.45. The van der Waals surface area contributed by atoms with Gasteiger partial charge in [-0.25, -0.2) is 13.8 Å². The van der Waals surface area contributed by atoms with Crippen molar-refractivity contribution in [2.24, 2.45) is 0 Å². The fourth-order valence-electron chi connectivity index (χ4n) is 2.07. The molecule has 0 aromatic heterocycles. The smallest absolute Gasteiger partial charge is 0.167 e. The van der Waals surface area contributed by atoms with Crippen molar-refractivity contribution in [3.8, 4) is 0 Å². The van der Waals surface area contributed by atoms with Gasteiger partial charge in [-0.2, -0.15) is 0 Å².